The monoisotopic (exact) mass is 295 g/mol. The number of nitrogens with zero attached hydrogens (tertiary/aromatic N) is 2. The minimum Gasteiger partial charge on any atom is -0.370 e. The summed E-state index contributed by atoms with van der Waals surface area (Å²) in [7, 11) is 0. The van der Waals surface area contributed by atoms with Gasteiger partial charge < -0.3 is 15.5 Å². The molecule has 0 saturated carbocycles. The van der Waals surface area contributed by atoms with Gasteiger partial charge in [0.1, 0.15) is 0 Å². The molecule has 1 saturated heterocycles. The number of nitrogens with two attached hydrogens (primary N) is 1. The normalized spacial score (nSPS) is 17.8. The molecule has 1 aliphatic heterocycles. The highest BCUT2D eigenvalue weighted by molar-refractivity contribution is 6.31. The third-order valence-corrected chi connectivity index (χ3v) is 4.11. The molecule has 5 heteroatoms. The Bertz CT molecular complexity index is 490. The average Bonchev–Trinajstić information content (AvgIpc) is 2.63. The standard InChI is InChI=1S/C15H22ClN3O/c1-11(17)14-5-4-13(10-15(14)16)19-7-3-6-18(8-9-19)12(2)20/h4-5,10-11H,3,6-9,17H2,1-2H3. The summed E-state index contributed by atoms with van der Waals surface area (Å²) in [5.74, 6) is 0.150. The molecular weight excluding hydrogens is 274 g/mol. The number of carbonyl (C=O) groups is 1. The molecule has 4 nitrogen and oxygen atoms in total. The smallest absolute Gasteiger partial charge is 0.219 e. The molecule has 1 aromatic carbocycles. The third-order valence-electron chi connectivity index (χ3n) is 3.78. The molecule has 0 bridgehead atoms. The number of carbonyl (C=O) groups excluding carboxylic acids is 1. The second-order valence-corrected chi connectivity index (χ2v) is 5.75. The molecule has 1 aromatic rings. The predicted molar refractivity (Wildman–Crippen MR) is 83.1 cm³/mol. The lowest BCUT2D eigenvalue weighted by atomic mass is 10.1. The highest BCUT2D eigenvalue weighted by Crippen LogP contribution is 2.27. The Morgan fingerprint density at radius 3 is 2.65 bits per heavy atom. The van der Waals surface area contributed by atoms with E-state index in [1.54, 1.807) is 6.92 Å². The van der Waals surface area contributed by atoms with Crippen molar-refractivity contribution in [1.29, 1.82) is 0 Å². The van der Waals surface area contributed by atoms with Gasteiger partial charge in [-0.2, -0.15) is 0 Å². The minimum atomic E-state index is -0.0612. The summed E-state index contributed by atoms with van der Waals surface area (Å²) in [5, 5.41) is 0.713. The highest BCUT2D eigenvalue weighted by Gasteiger charge is 2.17. The quantitative estimate of drug-likeness (QED) is 0.911. The van der Waals surface area contributed by atoms with Gasteiger partial charge in [0.05, 0.1) is 0 Å². The number of rotatable bonds is 2. The Balaban J connectivity index is 2.12. The predicted octanol–water partition coefficient (Wildman–Crippen LogP) is 2.42. The number of halogens is 1. The molecule has 1 fully saturated rings. The molecule has 1 amide bonds. The van der Waals surface area contributed by atoms with E-state index in [9.17, 15) is 4.79 Å². The number of anilines is 1. The van der Waals surface area contributed by atoms with Crippen LogP contribution in [-0.4, -0.2) is 37.0 Å². The Morgan fingerprint density at radius 1 is 1.30 bits per heavy atom. The van der Waals surface area contributed by atoms with E-state index in [1.165, 1.54) is 0 Å². The van der Waals surface area contributed by atoms with Crippen LogP contribution < -0.4 is 10.6 Å². The number of hydrogen-bond donors (Lipinski definition) is 1. The number of benzene rings is 1. The van der Waals surface area contributed by atoms with Crippen molar-refractivity contribution in [3.8, 4) is 0 Å². The first kappa shape index (κ1) is 15.1. The molecule has 110 valence electrons. The summed E-state index contributed by atoms with van der Waals surface area (Å²) >= 11 is 6.29. The van der Waals surface area contributed by atoms with Crippen molar-refractivity contribution in [1.82, 2.24) is 4.90 Å². The van der Waals surface area contributed by atoms with Crippen LogP contribution in [0.2, 0.25) is 5.02 Å². The van der Waals surface area contributed by atoms with Crippen LogP contribution in [0.25, 0.3) is 0 Å². The first-order chi connectivity index (χ1) is 9.49. The van der Waals surface area contributed by atoms with Gasteiger partial charge in [0.15, 0.2) is 0 Å². The fourth-order valence-electron chi connectivity index (χ4n) is 2.57. The molecule has 0 spiro atoms. The van der Waals surface area contributed by atoms with Crippen LogP contribution in [0.15, 0.2) is 18.2 Å². The van der Waals surface area contributed by atoms with Crippen LogP contribution >= 0.6 is 11.6 Å². The van der Waals surface area contributed by atoms with E-state index < -0.39 is 0 Å². The summed E-state index contributed by atoms with van der Waals surface area (Å²) in [5.41, 5.74) is 7.95. The van der Waals surface area contributed by atoms with Crippen LogP contribution in [0.5, 0.6) is 0 Å². The van der Waals surface area contributed by atoms with Crippen molar-refractivity contribution in [3.05, 3.63) is 28.8 Å². The zero-order valence-electron chi connectivity index (χ0n) is 12.1. The van der Waals surface area contributed by atoms with Gasteiger partial charge in [0, 0.05) is 49.9 Å². The van der Waals surface area contributed by atoms with Crippen LogP contribution in [0.3, 0.4) is 0 Å². The maximum atomic E-state index is 11.4. The molecule has 20 heavy (non-hydrogen) atoms. The van der Waals surface area contributed by atoms with E-state index in [2.05, 4.69) is 11.0 Å². The Labute approximate surface area is 125 Å². The number of hydrogen-bond acceptors (Lipinski definition) is 3. The van der Waals surface area contributed by atoms with Gasteiger partial charge in [-0.25, -0.2) is 0 Å². The van der Waals surface area contributed by atoms with Gasteiger partial charge in [-0.1, -0.05) is 17.7 Å². The van der Waals surface area contributed by atoms with Gasteiger partial charge in [0.25, 0.3) is 0 Å². The molecule has 1 atom stereocenters. The molecular formula is C15H22ClN3O. The lowest BCUT2D eigenvalue weighted by Crippen LogP contribution is -2.33. The lowest BCUT2D eigenvalue weighted by Gasteiger charge is -2.24. The summed E-state index contributed by atoms with van der Waals surface area (Å²) in [4.78, 5) is 15.6. The van der Waals surface area contributed by atoms with E-state index >= 15 is 0 Å². The van der Waals surface area contributed by atoms with Crippen molar-refractivity contribution in [3.63, 3.8) is 0 Å². The third kappa shape index (κ3) is 3.44. The zero-order valence-corrected chi connectivity index (χ0v) is 12.9. The summed E-state index contributed by atoms with van der Waals surface area (Å²) < 4.78 is 0. The maximum absolute atomic E-state index is 11.4. The summed E-state index contributed by atoms with van der Waals surface area (Å²) in [6.07, 6.45) is 0.978. The van der Waals surface area contributed by atoms with E-state index in [-0.39, 0.29) is 11.9 Å². The first-order valence-electron chi connectivity index (χ1n) is 7.04. The molecule has 2 rings (SSSR count). The van der Waals surface area contributed by atoms with Crippen LogP contribution in [0, 0.1) is 0 Å². The van der Waals surface area contributed by atoms with Gasteiger partial charge >= 0.3 is 0 Å². The lowest BCUT2D eigenvalue weighted by molar-refractivity contribution is -0.128. The SMILES string of the molecule is CC(=O)N1CCCN(c2ccc(C(C)N)c(Cl)c2)CC1. The second kappa shape index (κ2) is 6.46. The molecule has 0 radical (unpaired) electrons. The van der Waals surface area contributed by atoms with Crippen molar-refractivity contribution in [2.45, 2.75) is 26.3 Å². The largest absolute Gasteiger partial charge is 0.370 e. The zero-order chi connectivity index (χ0) is 14.7. The molecule has 2 N–H and O–H groups in total. The Morgan fingerprint density at radius 2 is 2.05 bits per heavy atom. The Kier molecular flexibility index (Phi) is 4.89. The fourth-order valence-corrected chi connectivity index (χ4v) is 2.92. The van der Waals surface area contributed by atoms with Crippen LogP contribution in [-0.2, 0) is 4.79 Å². The Hall–Kier alpha value is -1.26. The summed E-state index contributed by atoms with van der Waals surface area (Å²) in [6, 6.07) is 5.97. The topological polar surface area (TPSA) is 49.6 Å². The van der Waals surface area contributed by atoms with Crippen molar-refractivity contribution in [2.24, 2.45) is 5.73 Å². The van der Waals surface area contributed by atoms with Crippen molar-refractivity contribution >= 4 is 23.2 Å². The van der Waals surface area contributed by atoms with Gasteiger partial charge in [0.2, 0.25) is 5.91 Å². The molecule has 1 aliphatic rings. The number of amides is 1. The first-order valence-corrected chi connectivity index (χ1v) is 7.42. The molecule has 1 unspecified atom stereocenters. The maximum Gasteiger partial charge on any atom is 0.219 e. The van der Waals surface area contributed by atoms with Crippen molar-refractivity contribution < 1.29 is 4.79 Å². The van der Waals surface area contributed by atoms with E-state index in [0.29, 0.717) is 5.02 Å². The van der Waals surface area contributed by atoms with E-state index in [4.69, 9.17) is 17.3 Å². The minimum absolute atomic E-state index is 0.0612. The van der Waals surface area contributed by atoms with Crippen molar-refractivity contribution in [2.75, 3.05) is 31.1 Å². The van der Waals surface area contributed by atoms with Gasteiger partial charge in [-0.15, -0.1) is 0 Å². The molecule has 0 aliphatic carbocycles. The van der Waals surface area contributed by atoms with Gasteiger partial charge in [-0.3, -0.25) is 4.79 Å². The van der Waals surface area contributed by atoms with E-state index in [0.717, 1.165) is 43.9 Å². The summed E-state index contributed by atoms with van der Waals surface area (Å²) in [6.45, 7) is 6.94. The molecule has 1 heterocycles. The van der Waals surface area contributed by atoms with Crippen LogP contribution in [0.1, 0.15) is 31.9 Å². The molecule has 0 aromatic heterocycles. The second-order valence-electron chi connectivity index (χ2n) is 5.34. The fraction of sp³-hybridized carbons (Fsp3) is 0.533. The average molecular weight is 296 g/mol. The van der Waals surface area contributed by atoms with E-state index in [1.807, 2.05) is 24.0 Å². The highest BCUT2D eigenvalue weighted by atomic mass is 35.5. The van der Waals surface area contributed by atoms with Crippen LogP contribution in [0.4, 0.5) is 5.69 Å². The van der Waals surface area contributed by atoms with Gasteiger partial charge in [-0.05, 0) is 31.0 Å².